The maximum absolute atomic E-state index is 5.93. The third-order valence-corrected chi connectivity index (χ3v) is 4.47. The summed E-state index contributed by atoms with van der Waals surface area (Å²) in [6, 6.07) is 11.9. The molecule has 0 spiro atoms. The third-order valence-electron chi connectivity index (χ3n) is 4.47. The van der Waals surface area contributed by atoms with Gasteiger partial charge in [0, 0.05) is 48.7 Å². The van der Waals surface area contributed by atoms with Crippen LogP contribution in [0.1, 0.15) is 29.4 Å². The van der Waals surface area contributed by atoms with Gasteiger partial charge in [-0.1, -0.05) is 6.07 Å². The Bertz CT molecular complexity index is 857. The van der Waals surface area contributed by atoms with Gasteiger partial charge in [-0.25, -0.2) is 4.98 Å². The smallest absolute Gasteiger partial charge is 0.218 e. The first-order valence-electron chi connectivity index (χ1n) is 8.80. The van der Waals surface area contributed by atoms with Crippen molar-refractivity contribution in [1.82, 2.24) is 19.9 Å². The lowest BCUT2D eigenvalue weighted by molar-refractivity contribution is 0.284. The number of hydrogen-bond acceptors (Lipinski definition) is 6. The Morgan fingerprint density at radius 3 is 2.81 bits per heavy atom. The summed E-state index contributed by atoms with van der Waals surface area (Å²) < 4.78 is 5.93. The highest BCUT2D eigenvalue weighted by molar-refractivity contribution is 5.39. The fourth-order valence-corrected chi connectivity index (χ4v) is 2.98. The Balaban J connectivity index is 1.33. The van der Waals surface area contributed by atoms with Crippen LogP contribution in [0, 0.1) is 12.8 Å². The summed E-state index contributed by atoms with van der Waals surface area (Å²) in [5.74, 6) is 3.08. The van der Waals surface area contributed by atoms with Crippen molar-refractivity contribution in [2.75, 3.05) is 11.9 Å². The van der Waals surface area contributed by atoms with E-state index in [-0.39, 0.29) is 0 Å². The molecule has 1 saturated carbocycles. The standard InChI is InChI=1S/C20H21N5O/c1-14-24-19(23-12-15-5-8-21-9-6-15)11-20(25-14)26-13-16-10-17(16)18-4-2-3-7-22-18/h2-9,11,16-17H,10,12-13H2,1H3,(H,23,24,25)/t16-,17+/m1/s1. The molecule has 26 heavy (non-hydrogen) atoms. The van der Waals surface area contributed by atoms with Crippen LogP contribution in [-0.2, 0) is 6.54 Å². The van der Waals surface area contributed by atoms with Gasteiger partial charge in [-0.3, -0.25) is 9.97 Å². The average molecular weight is 347 g/mol. The van der Waals surface area contributed by atoms with Gasteiger partial charge in [0.25, 0.3) is 0 Å². The summed E-state index contributed by atoms with van der Waals surface area (Å²) in [6.45, 7) is 3.21. The number of nitrogens with zero attached hydrogens (tertiary/aromatic N) is 4. The zero-order valence-electron chi connectivity index (χ0n) is 14.7. The van der Waals surface area contributed by atoms with Gasteiger partial charge in [-0.15, -0.1) is 0 Å². The van der Waals surface area contributed by atoms with E-state index >= 15 is 0 Å². The monoisotopic (exact) mass is 347 g/mol. The van der Waals surface area contributed by atoms with E-state index in [2.05, 4.69) is 31.3 Å². The van der Waals surface area contributed by atoms with Crippen LogP contribution < -0.4 is 10.1 Å². The van der Waals surface area contributed by atoms with Crippen molar-refractivity contribution >= 4 is 5.82 Å². The van der Waals surface area contributed by atoms with E-state index in [0.717, 1.165) is 23.5 Å². The largest absolute Gasteiger partial charge is 0.477 e. The first-order valence-corrected chi connectivity index (χ1v) is 8.80. The van der Waals surface area contributed by atoms with E-state index in [9.17, 15) is 0 Å². The van der Waals surface area contributed by atoms with Crippen molar-refractivity contribution < 1.29 is 4.74 Å². The van der Waals surface area contributed by atoms with Crippen LogP contribution in [0.3, 0.4) is 0 Å². The summed E-state index contributed by atoms with van der Waals surface area (Å²) in [6.07, 6.45) is 6.53. The quantitative estimate of drug-likeness (QED) is 0.706. The SMILES string of the molecule is Cc1nc(NCc2ccncc2)cc(OC[C@H]2C[C@@H]2c2ccccn2)n1. The van der Waals surface area contributed by atoms with Crippen LogP contribution in [0.25, 0.3) is 0 Å². The molecule has 6 nitrogen and oxygen atoms in total. The van der Waals surface area contributed by atoms with Crippen molar-refractivity contribution in [2.24, 2.45) is 5.92 Å². The van der Waals surface area contributed by atoms with Crippen molar-refractivity contribution in [3.05, 3.63) is 72.1 Å². The first-order chi connectivity index (χ1) is 12.8. The Kier molecular flexibility index (Phi) is 4.73. The molecule has 0 aromatic carbocycles. The summed E-state index contributed by atoms with van der Waals surface area (Å²) in [4.78, 5) is 17.3. The molecule has 1 aliphatic carbocycles. The molecule has 2 atom stereocenters. The Morgan fingerprint density at radius 2 is 2.00 bits per heavy atom. The molecular formula is C20H21N5O. The maximum atomic E-state index is 5.93. The average Bonchev–Trinajstić information content (AvgIpc) is 3.46. The molecule has 0 unspecified atom stereocenters. The van der Waals surface area contributed by atoms with Crippen molar-refractivity contribution in [3.8, 4) is 5.88 Å². The molecule has 3 heterocycles. The van der Waals surface area contributed by atoms with E-state index in [4.69, 9.17) is 4.74 Å². The fraction of sp³-hybridized carbons (Fsp3) is 0.300. The molecule has 132 valence electrons. The minimum Gasteiger partial charge on any atom is -0.477 e. The third kappa shape index (κ3) is 4.14. The van der Waals surface area contributed by atoms with Gasteiger partial charge in [0.1, 0.15) is 11.6 Å². The molecule has 4 rings (SSSR count). The van der Waals surface area contributed by atoms with Crippen LogP contribution >= 0.6 is 0 Å². The summed E-state index contributed by atoms with van der Waals surface area (Å²) in [5.41, 5.74) is 2.30. The highest BCUT2D eigenvalue weighted by atomic mass is 16.5. The van der Waals surface area contributed by atoms with E-state index in [1.54, 1.807) is 12.4 Å². The lowest BCUT2D eigenvalue weighted by Crippen LogP contribution is -2.07. The predicted molar refractivity (Wildman–Crippen MR) is 98.9 cm³/mol. The van der Waals surface area contributed by atoms with E-state index in [0.29, 0.717) is 36.7 Å². The molecule has 1 N–H and O–H groups in total. The molecule has 1 fully saturated rings. The Labute approximate surface area is 152 Å². The van der Waals surface area contributed by atoms with Crippen LogP contribution in [0.4, 0.5) is 5.82 Å². The molecule has 3 aromatic rings. The Hall–Kier alpha value is -3.02. The molecule has 0 amide bonds. The second-order valence-electron chi connectivity index (χ2n) is 6.52. The minimum atomic E-state index is 0.503. The number of aromatic nitrogens is 4. The van der Waals surface area contributed by atoms with Gasteiger partial charge in [-0.2, -0.15) is 4.98 Å². The van der Waals surface area contributed by atoms with E-state index in [1.807, 2.05) is 43.5 Å². The van der Waals surface area contributed by atoms with Crippen LogP contribution in [0.15, 0.2) is 55.0 Å². The molecule has 0 aliphatic heterocycles. The maximum Gasteiger partial charge on any atom is 0.218 e. The number of aryl methyl sites for hydroxylation is 1. The molecule has 3 aromatic heterocycles. The number of rotatable bonds is 7. The van der Waals surface area contributed by atoms with Crippen LogP contribution in [0.2, 0.25) is 0 Å². The highest BCUT2D eigenvalue weighted by Crippen LogP contribution is 2.46. The number of ether oxygens (including phenoxy) is 1. The number of pyridine rings is 2. The zero-order valence-corrected chi connectivity index (χ0v) is 14.7. The minimum absolute atomic E-state index is 0.503. The summed E-state index contributed by atoms with van der Waals surface area (Å²) in [7, 11) is 0. The van der Waals surface area contributed by atoms with Gasteiger partial charge >= 0.3 is 0 Å². The molecule has 0 radical (unpaired) electrons. The second-order valence-corrected chi connectivity index (χ2v) is 6.52. The lowest BCUT2D eigenvalue weighted by atomic mass is 10.2. The van der Waals surface area contributed by atoms with Crippen LogP contribution in [0.5, 0.6) is 5.88 Å². The molecule has 1 aliphatic rings. The van der Waals surface area contributed by atoms with Crippen molar-refractivity contribution in [1.29, 1.82) is 0 Å². The number of anilines is 1. The normalized spacial score (nSPS) is 18.3. The van der Waals surface area contributed by atoms with Gasteiger partial charge in [0.05, 0.1) is 6.61 Å². The van der Waals surface area contributed by atoms with Crippen molar-refractivity contribution in [3.63, 3.8) is 0 Å². The van der Waals surface area contributed by atoms with E-state index < -0.39 is 0 Å². The summed E-state index contributed by atoms with van der Waals surface area (Å²) >= 11 is 0. The Morgan fingerprint density at radius 1 is 1.12 bits per heavy atom. The van der Waals surface area contributed by atoms with Crippen molar-refractivity contribution in [2.45, 2.75) is 25.8 Å². The number of hydrogen-bond donors (Lipinski definition) is 1. The predicted octanol–water partition coefficient (Wildman–Crippen LogP) is 3.37. The summed E-state index contributed by atoms with van der Waals surface area (Å²) in [5, 5.41) is 3.31. The fourth-order valence-electron chi connectivity index (χ4n) is 2.98. The molecule has 0 saturated heterocycles. The van der Waals surface area contributed by atoms with Gasteiger partial charge in [0.15, 0.2) is 0 Å². The second kappa shape index (κ2) is 7.47. The number of nitrogens with one attached hydrogen (secondary N) is 1. The molecule has 0 bridgehead atoms. The zero-order chi connectivity index (χ0) is 17.8. The van der Waals surface area contributed by atoms with Crippen LogP contribution in [-0.4, -0.2) is 26.5 Å². The van der Waals surface area contributed by atoms with Gasteiger partial charge in [-0.05, 0) is 43.2 Å². The highest BCUT2D eigenvalue weighted by Gasteiger charge is 2.39. The first kappa shape index (κ1) is 16.4. The van der Waals surface area contributed by atoms with Gasteiger partial charge < -0.3 is 10.1 Å². The molecular weight excluding hydrogens is 326 g/mol. The topological polar surface area (TPSA) is 72.8 Å². The molecule has 6 heteroatoms. The lowest BCUT2D eigenvalue weighted by Gasteiger charge is -2.10. The van der Waals surface area contributed by atoms with E-state index in [1.165, 1.54) is 0 Å². The van der Waals surface area contributed by atoms with Gasteiger partial charge in [0.2, 0.25) is 5.88 Å².